The maximum Gasteiger partial charge on any atom is 0.131 e. The van der Waals surface area contributed by atoms with E-state index in [1.807, 2.05) is 17.2 Å². The SMILES string of the molecule is C=CN1C=CC(C)C=CC1=NC. The van der Waals surface area contributed by atoms with Gasteiger partial charge in [-0.15, -0.1) is 0 Å². The highest BCUT2D eigenvalue weighted by atomic mass is 15.1. The Kier molecular flexibility index (Phi) is 2.86. The summed E-state index contributed by atoms with van der Waals surface area (Å²) in [5.41, 5.74) is 0. The van der Waals surface area contributed by atoms with E-state index in [1.54, 1.807) is 13.2 Å². The van der Waals surface area contributed by atoms with Gasteiger partial charge in [-0.25, -0.2) is 0 Å². The van der Waals surface area contributed by atoms with Crippen LogP contribution in [0.4, 0.5) is 0 Å². The summed E-state index contributed by atoms with van der Waals surface area (Å²) in [7, 11) is 1.78. The van der Waals surface area contributed by atoms with Gasteiger partial charge in [0.25, 0.3) is 0 Å². The monoisotopic (exact) mass is 162 g/mol. The summed E-state index contributed by atoms with van der Waals surface area (Å²) in [4.78, 5) is 6.03. The number of amidine groups is 1. The van der Waals surface area contributed by atoms with E-state index >= 15 is 0 Å². The lowest BCUT2D eigenvalue weighted by Crippen LogP contribution is -2.16. The van der Waals surface area contributed by atoms with Crippen LogP contribution < -0.4 is 0 Å². The van der Waals surface area contributed by atoms with Crippen LogP contribution in [0.1, 0.15) is 6.92 Å². The smallest absolute Gasteiger partial charge is 0.131 e. The highest BCUT2D eigenvalue weighted by Crippen LogP contribution is 2.08. The second-order valence-electron chi connectivity index (χ2n) is 2.73. The van der Waals surface area contributed by atoms with Gasteiger partial charge in [-0.2, -0.15) is 0 Å². The molecule has 0 aliphatic carbocycles. The van der Waals surface area contributed by atoms with Crippen molar-refractivity contribution in [2.75, 3.05) is 7.05 Å². The first-order valence-corrected chi connectivity index (χ1v) is 4.02. The lowest BCUT2D eigenvalue weighted by molar-refractivity contribution is 0.757. The van der Waals surface area contributed by atoms with Gasteiger partial charge in [0, 0.05) is 19.4 Å². The maximum atomic E-state index is 4.13. The predicted octanol–water partition coefficient (Wildman–Crippen LogP) is 2.18. The van der Waals surface area contributed by atoms with E-state index in [9.17, 15) is 0 Å². The van der Waals surface area contributed by atoms with E-state index in [4.69, 9.17) is 0 Å². The van der Waals surface area contributed by atoms with Crippen molar-refractivity contribution in [2.24, 2.45) is 10.9 Å². The molecule has 0 spiro atoms. The fourth-order valence-corrected chi connectivity index (χ4v) is 1.04. The third kappa shape index (κ3) is 1.84. The summed E-state index contributed by atoms with van der Waals surface area (Å²) < 4.78 is 0. The van der Waals surface area contributed by atoms with Crippen molar-refractivity contribution in [2.45, 2.75) is 6.92 Å². The Labute approximate surface area is 73.6 Å². The second kappa shape index (κ2) is 3.90. The number of rotatable bonds is 1. The van der Waals surface area contributed by atoms with Crippen molar-refractivity contribution < 1.29 is 0 Å². The second-order valence-corrected chi connectivity index (χ2v) is 2.73. The topological polar surface area (TPSA) is 15.6 Å². The first-order valence-electron chi connectivity index (χ1n) is 4.02. The average molecular weight is 162 g/mol. The van der Waals surface area contributed by atoms with Crippen LogP contribution in [0.15, 0.2) is 42.2 Å². The zero-order valence-electron chi connectivity index (χ0n) is 7.57. The Balaban J connectivity index is 2.94. The Morgan fingerprint density at radius 1 is 1.58 bits per heavy atom. The van der Waals surface area contributed by atoms with Crippen molar-refractivity contribution >= 4 is 5.84 Å². The number of allylic oxidation sites excluding steroid dienone is 2. The first kappa shape index (κ1) is 8.78. The molecular weight excluding hydrogens is 148 g/mol. The largest absolute Gasteiger partial charge is 0.310 e. The Bertz CT molecular complexity index is 249. The van der Waals surface area contributed by atoms with Gasteiger partial charge in [0.15, 0.2) is 0 Å². The molecule has 2 heteroatoms. The standard InChI is InChI=1S/C10H14N2/c1-4-12-8-7-9(2)5-6-10(12)11-3/h4-9H,1H2,2-3H3. The zero-order valence-corrected chi connectivity index (χ0v) is 7.57. The molecule has 0 N–H and O–H groups in total. The van der Waals surface area contributed by atoms with Crippen LogP contribution in [0.2, 0.25) is 0 Å². The number of hydrogen-bond acceptors (Lipinski definition) is 1. The normalized spacial score (nSPS) is 26.0. The molecule has 1 atom stereocenters. The molecule has 1 heterocycles. The van der Waals surface area contributed by atoms with Crippen LogP contribution in [0.3, 0.4) is 0 Å². The van der Waals surface area contributed by atoms with Crippen LogP contribution in [0, 0.1) is 5.92 Å². The van der Waals surface area contributed by atoms with Crippen LogP contribution in [-0.4, -0.2) is 17.8 Å². The molecular formula is C10H14N2. The molecule has 2 nitrogen and oxygen atoms in total. The maximum absolute atomic E-state index is 4.13. The summed E-state index contributed by atoms with van der Waals surface area (Å²) >= 11 is 0. The Morgan fingerprint density at radius 3 is 2.92 bits per heavy atom. The van der Waals surface area contributed by atoms with Gasteiger partial charge in [-0.3, -0.25) is 4.99 Å². The van der Waals surface area contributed by atoms with Gasteiger partial charge in [0.2, 0.25) is 0 Å². The molecule has 1 unspecified atom stereocenters. The molecule has 0 aromatic rings. The quantitative estimate of drug-likeness (QED) is 0.577. The molecule has 0 fully saturated rings. The van der Waals surface area contributed by atoms with Gasteiger partial charge in [-0.1, -0.05) is 25.7 Å². The van der Waals surface area contributed by atoms with Crippen molar-refractivity contribution in [3.8, 4) is 0 Å². The minimum atomic E-state index is 0.465. The molecule has 0 aromatic heterocycles. The summed E-state index contributed by atoms with van der Waals surface area (Å²) in [5, 5.41) is 0. The van der Waals surface area contributed by atoms with Crippen molar-refractivity contribution in [1.82, 2.24) is 4.90 Å². The van der Waals surface area contributed by atoms with Crippen LogP contribution in [0.5, 0.6) is 0 Å². The third-order valence-electron chi connectivity index (χ3n) is 1.79. The average Bonchev–Trinajstić information content (AvgIpc) is 2.27. The molecule has 1 aliphatic heterocycles. The fraction of sp³-hybridized carbons (Fsp3) is 0.300. The number of nitrogens with zero attached hydrogens (tertiary/aromatic N) is 2. The first-order chi connectivity index (χ1) is 5.77. The van der Waals surface area contributed by atoms with E-state index in [0.717, 1.165) is 5.84 Å². The summed E-state index contributed by atoms with van der Waals surface area (Å²) in [6.07, 6.45) is 9.96. The minimum Gasteiger partial charge on any atom is -0.310 e. The van der Waals surface area contributed by atoms with Crippen molar-refractivity contribution in [1.29, 1.82) is 0 Å². The molecule has 12 heavy (non-hydrogen) atoms. The fourth-order valence-electron chi connectivity index (χ4n) is 1.04. The number of hydrogen-bond donors (Lipinski definition) is 0. The van der Waals surface area contributed by atoms with E-state index < -0.39 is 0 Å². The molecule has 0 saturated carbocycles. The van der Waals surface area contributed by atoms with E-state index in [2.05, 4.69) is 30.6 Å². The molecule has 0 amide bonds. The van der Waals surface area contributed by atoms with Gasteiger partial charge in [0.1, 0.15) is 5.84 Å². The molecule has 0 aromatic carbocycles. The molecule has 0 radical (unpaired) electrons. The highest BCUT2D eigenvalue weighted by Gasteiger charge is 2.04. The summed E-state index contributed by atoms with van der Waals surface area (Å²) in [5.74, 6) is 1.39. The Hall–Kier alpha value is -1.31. The van der Waals surface area contributed by atoms with E-state index in [1.165, 1.54) is 0 Å². The molecule has 0 saturated heterocycles. The molecule has 64 valence electrons. The summed E-state index contributed by atoms with van der Waals surface area (Å²) in [6.45, 7) is 5.84. The van der Waals surface area contributed by atoms with Crippen molar-refractivity contribution in [3.05, 3.63) is 37.2 Å². The lowest BCUT2D eigenvalue weighted by Gasteiger charge is -2.12. The Morgan fingerprint density at radius 2 is 2.33 bits per heavy atom. The van der Waals surface area contributed by atoms with Crippen LogP contribution in [-0.2, 0) is 0 Å². The third-order valence-corrected chi connectivity index (χ3v) is 1.79. The van der Waals surface area contributed by atoms with E-state index in [-0.39, 0.29) is 0 Å². The van der Waals surface area contributed by atoms with Crippen LogP contribution >= 0.6 is 0 Å². The van der Waals surface area contributed by atoms with Gasteiger partial charge in [0.05, 0.1) is 0 Å². The van der Waals surface area contributed by atoms with Crippen LogP contribution in [0.25, 0.3) is 0 Å². The minimum absolute atomic E-state index is 0.465. The predicted molar refractivity (Wildman–Crippen MR) is 52.8 cm³/mol. The summed E-state index contributed by atoms with van der Waals surface area (Å²) in [6, 6.07) is 0. The molecule has 1 aliphatic rings. The highest BCUT2D eigenvalue weighted by molar-refractivity contribution is 5.94. The van der Waals surface area contributed by atoms with Gasteiger partial charge < -0.3 is 4.90 Å². The molecule has 0 bridgehead atoms. The van der Waals surface area contributed by atoms with Crippen molar-refractivity contribution in [3.63, 3.8) is 0 Å². The van der Waals surface area contributed by atoms with Gasteiger partial charge >= 0.3 is 0 Å². The zero-order chi connectivity index (χ0) is 8.97. The molecule has 1 rings (SSSR count). The van der Waals surface area contributed by atoms with Gasteiger partial charge in [-0.05, 0) is 12.0 Å². The lowest BCUT2D eigenvalue weighted by atomic mass is 10.2. The van der Waals surface area contributed by atoms with E-state index in [0.29, 0.717) is 5.92 Å². The number of aliphatic imine (C=N–C) groups is 1.